The molecule has 0 aliphatic carbocycles. The molecule has 0 saturated carbocycles. The van der Waals surface area contributed by atoms with Gasteiger partial charge in [0, 0.05) is 24.2 Å². The molecule has 1 aliphatic heterocycles. The number of halogens is 3. The summed E-state index contributed by atoms with van der Waals surface area (Å²) in [7, 11) is 0. The number of carbonyl (C=O) groups excluding carboxylic acids is 1. The van der Waals surface area contributed by atoms with E-state index in [9.17, 15) is 18.0 Å². The number of alkyl halides is 3. The maximum Gasteiger partial charge on any atom is 0.416 e. The molecule has 0 bridgehead atoms. The van der Waals surface area contributed by atoms with Crippen LogP contribution < -0.4 is 5.32 Å². The van der Waals surface area contributed by atoms with Gasteiger partial charge < -0.3 is 5.32 Å². The minimum absolute atomic E-state index is 0.0289. The van der Waals surface area contributed by atoms with E-state index in [1.807, 2.05) is 30.3 Å². The normalized spacial score (nSPS) is 17.3. The minimum atomic E-state index is -4.46. The molecule has 29 heavy (non-hydrogen) atoms. The lowest BCUT2D eigenvalue weighted by Crippen LogP contribution is -2.41. The van der Waals surface area contributed by atoms with Crippen molar-refractivity contribution < 1.29 is 18.0 Å². The van der Waals surface area contributed by atoms with Crippen LogP contribution in [-0.2, 0) is 6.18 Å². The Bertz CT molecular complexity index is 884. The second kappa shape index (κ2) is 9.62. The number of carbonyl (C=O) groups is 1. The number of nitrogens with zero attached hydrogens (tertiary/aromatic N) is 1. The first kappa shape index (κ1) is 20.9. The van der Waals surface area contributed by atoms with E-state index >= 15 is 0 Å². The summed E-state index contributed by atoms with van der Waals surface area (Å²) in [5.41, 5.74) is 0.196. The van der Waals surface area contributed by atoms with Gasteiger partial charge in [0.05, 0.1) is 12.1 Å². The number of hydrogen-bond donors (Lipinski definition) is 1. The number of likely N-dealkylation sites (tertiary alicyclic amines) is 1. The molecule has 1 aliphatic rings. The number of piperidine rings is 1. The summed E-state index contributed by atoms with van der Waals surface area (Å²) in [5, 5.41) is 2.78. The van der Waals surface area contributed by atoms with Gasteiger partial charge in [-0.3, -0.25) is 9.69 Å². The molecule has 3 rings (SSSR count). The minimum Gasteiger partial charge on any atom is -0.352 e. The Morgan fingerprint density at radius 2 is 1.93 bits per heavy atom. The molecule has 152 valence electrons. The fourth-order valence-corrected chi connectivity index (χ4v) is 3.41. The smallest absolute Gasteiger partial charge is 0.352 e. The summed E-state index contributed by atoms with van der Waals surface area (Å²) in [4.78, 5) is 14.5. The zero-order chi connectivity index (χ0) is 20.7. The maximum absolute atomic E-state index is 12.8. The van der Waals surface area contributed by atoms with Crippen molar-refractivity contribution in [1.82, 2.24) is 10.2 Å². The van der Waals surface area contributed by atoms with Gasteiger partial charge in [-0.1, -0.05) is 36.1 Å². The Morgan fingerprint density at radius 1 is 1.14 bits per heavy atom. The average molecular weight is 400 g/mol. The maximum atomic E-state index is 12.8. The van der Waals surface area contributed by atoms with Crippen molar-refractivity contribution >= 4 is 5.91 Å². The van der Waals surface area contributed by atoms with Gasteiger partial charge in [-0.25, -0.2) is 0 Å². The first-order valence-corrected chi connectivity index (χ1v) is 9.63. The van der Waals surface area contributed by atoms with E-state index < -0.39 is 17.6 Å². The highest BCUT2D eigenvalue weighted by molar-refractivity contribution is 5.94. The molecule has 0 radical (unpaired) electrons. The molecule has 3 nitrogen and oxygen atoms in total. The number of rotatable bonds is 4. The lowest BCUT2D eigenvalue weighted by Gasteiger charge is -2.31. The van der Waals surface area contributed by atoms with Crippen molar-refractivity contribution in [1.29, 1.82) is 0 Å². The molecule has 6 heteroatoms. The lowest BCUT2D eigenvalue weighted by molar-refractivity contribution is -0.137. The van der Waals surface area contributed by atoms with E-state index in [0.717, 1.165) is 43.6 Å². The Balaban J connectivity index is 1.49. The zero-order valence-corrected chi connectivity index (χ0v) is 16.0. The van der Waals surface area contributed by atoms with E-state index in [1.54, 1.807) is 0 Å². The number of amides is 1. The van der Waals surface area contributed by atoms with Gasteiger partial charge in [0.25, 0.3) is 5.91 Å². The van der Waals surface area contributed by atoms with Crippen molar-refractivity contribution in [2.75, 3.05) is 26.2 Å². The van der Waals surface area contributed by atoms with Crippen LogP contribution in [0.1, 0.15) is 34.3 Å². The largest absolute Gasteiger partial charge is 0.416 e. The Kier molecular flexibility index (Phi) is 6.95. The first-order valence-electron chi connectivity index (χ1n) is 9.63. The van der Waals surface area contributed by atoms with E-state index in [1.165, 1.54) is 12.1 Å². The molecule has 0 aromatic heterocycles. The summed E-state index contributed by atoms with van der Waals surface area (Å²) in [6.45, 7) is 2.87. The SMILES string of the molecule is O=C(NCC1CCCN(CC#Cc2ccccc2)C1)c1cccc(C(F)(F)F)c1. The van der Waals surface area contributed by atoms with Gasteiger partial charge in [-0.05, 0) is 55.6 Å². The van der Waals surface area contributed by atoms with E-state index in [2.05, 4.69) is 22.1 Å². The zero-order valence-electron chi connectivity index (χ0n) is 16.0. The lowest BCUT2D eigenvalue weighted by atomic mass is 9.98. The topological polar surface area (TPSA) is 32.3 Å². The molecule has 1 atom stereocenters. The summed E-state index contributed by atoms with van der Waals surface area (Å²) in [6.07, 6.45) is -2.47. The van der Waals surface area contributed by atoms with Gasteiger partial charge in [-0.15, -0.1) is 0 Å². The highest BCUT2D eigenvalue weighted by Crippen LogP contribution is 2.29. The van der Waals surface area contributed by atoms with Crippen LogP contribution in [0.3, 0.4) is 0 Å². The Labute approximate surface area is 168 Å². The van der Waals surface area contributed by atoms with Crippen LogP contribution in [0.4, 0.5) is 13.2 Å². The molecule has 1 N–H and O–H groups in total. The number of nitrogens with one attached hydrogen (secondary N) is 1. The predicted octanol–water partition coefficient (Wildman–Crippen LogP) is 4.20. The number of benzene rings is 2. The molecule has 1 fully saturated rings. The van der Waals surface area contributed by atoms with Crippen LogP contribution in [0, 0.1) is 17.8 Å². The molecule has 0 spiro atoms. The first-order chi connectivity index (χ1) is 13.9. The van der Waals surface area contributed by atoms with Crippen molar-refractivity contribution in [2.24, 2.45) is 5.92 Å². The summed E-state index contributed by atoms with van der Waals surface area (Å²) < 4.78 is 38.4. The second-order valence-corrected chi connectivity index (χ2v) is 7.20. The van der Waals surface area contributed by atoms with Crippen molar-refractivity contribution in [3.63, 3.8) is 0 Å². The van der Waals surface area contributed by atoms with Crippen LogP contribution in [0.15, 0.2) is 54.6 Å². The quantitative estimate of drug-likeness (QED) is 0.781. The van der Waals surface area contributed by atoms with Gasteiger partial charge in [0.15, 0.2) is 0 Å². The highest BCUT2D eigenvalue weighted by atomic mass is 19.4. The molecule has 1 saturated heterocycles. The van der Waals surface area contributed by atoms with E-state index in [0.29, 0.717) is 13.1 Å². The number of hydrogen-bond acceptors (Lipinski definition) is 2. The van der Waals surface area contributed by atoms with Crippen molar-refractivity contribution in [2.45, 2.75) is 19.0 Å². The van der Waals surface area contributed by atoms with E-state index in [-0.39, 0.29) is 11.5 Å². The van der Waals surface area contributed by atoms with Crippen LogP contribution in [0.5, 0.6) is 0 Å². The average Bonchev–Trinajstić information content (AvgIpc) is 2.73. The standard InChI is InChI=1S/C23H23F3N2O/c24-23(25,26)21-12-4-11-20(15-21)22(29)27-16-19-10-6-14-28(17-19)13-5-9-18-7-2-1-3-8-18/h1-4,7-8,11-12,15,19H,6,10,13-14,16-17H2,(H,27,29). The third-order valence-electron chi connectivity index (χ3n) is 4.92. The molecule has 1 amide bonds. The third-order valence-corrected chi connectivity index (χ3v) is 4.92. The fraction of sp³-hybridized carbons (Fsp3) is 0.348. The Morgan fingerprint density at radius 3 is 2.69 bits per heavy atom. The predicted molar refractivity (Wildman–Crippen MR) is 106 cm³/mol. The molecule has 1 heterocycles. The molecular formula is C23H23F3N2O. The van der Waals surface area contributed by atoms with Crippen molar-refractivity contribution in [3.8, 4) is 11.8 Å². The Hall–Kier alpha value is -2.78. The second-order valence-electron chi connectivity index (χ2n) is 7.20. The van der Waals surface area contributed by atoms with Crippen LogP contribution >= 0.6 is 0 Å². The summed E-state index contributed by atoms with van der Waals surface area (Å²) in [6, 6.07) is 14.3. The van der Waals surface area contributed by atoms with Crippen LogP contribution in [-0.4, -0.2) is 37.0 Å². The molecular weight excluding hydrogens is 377 g/mol. The van der Waals surface area contributed by atoms with Gasteiger partial charge >= 0.3 is 6.18 Å². The van der Waals surface area contributed by atoms with Gasteiger partial charge in [0.1, 0.15) is 0 Å². The third kappa shape index (κ3) is 6.37. The van der Waals surface area contributed by atoms with Crippen LogP contribution in [0.25, 0.3) is 0 Å². The molecule has 2 aromatic rings. The van der Waals surface area contributed by atoms with Gasteiger partial charge in [0.2, 0.25) is 0 Å². The molecule has 1 unspecified atom stereocenters. The van der Waals surface area contributed by atoms with Gasteiger partial charge in [-0.2, -0.15) is 13.2 Å². The van der Waals surface area contributed by atoms with Crippen molar-refractivity contribution in [3.05, 3.63) is 71.3 Å². The summed E-state index contributed by atoms with van der Waals surface area (Å²) in [5.74, 6) is 6.11. The summed E-state index contributed by atoms with van der Waals surface area (Å²) >= 11 is 0. The van der Waals surface area contributed by atoms with Crippen LogP contribution in [0.2, 0.25) is 0 Å². The molecule has 2 aromatic carbocycles. The van der Waals surface area contributed by atoms with E-state index in [4.69, 9.17) is 0 Å². The fourth-order valence-electron chi connectivity index (χ4n) is 3.41. The monoisotopic (exact) mass is 400 g/mol. The highest BCUT2D eigenvalue weighted by Gasteiger charge is 2.31.